The van der Waals surface area contributed by atoms with E-state index in [1.54, 1.807) is 16.9 Å². The lowest BCUT2D eigenvalue weighted by Crippen LogP contribution is -2.04. The summed E-state index contributed by atoms with van der Waals surface area (Å²) in [4.78, 5) is 16.1. The van der Waals surface area contributed by atoms with Crippen molar-refractivity contribution in [3.63, 3.8) is 0 Å². The van der Waals surface area contributed by atoms with Crippen LogP contribution in [0.1, 0.15) is 10.5 Å². The monoisotopic (exact) mass is 379 g/mol. The number of nitrogens with zero attached hydrogens (tertiary/aromatic N) is 3. The maximum atomic E-state index is 11.8. The molecule has 2 heterocycles. The molecule has 3 rings (SSSR count). The summed E-state index contributed by atoms with van der Waals surface area (Å²) < 4.78 is 7.51. The van der Waals surface area contributed by atoms with Crippen LogP contribution >= 0.6 is 22.6 Å². The molecule has 5 nitrogen and oxygen atoms in total. The van der Waals surface area contributed by atoms with Crippen molar-refractivity contribution in [2.75, 3.05) is 7.11 Å². The zero-order valence-electron chi connectivity index (χ0n) is 10.6. The molecule has 100 valence electrons. The van der Waals surface area contributed by atoms with Gasteiger partial charge >= 0.3 is 5.97 Å². The van der Waals surface area contributed by atoms with Crippen LogP contribution in [0.4, 0.5) is 0 Å². The van der Waals surface area contributed by atoms with Crippen LogP contribution in [0.15, 0.2) is 42.6 Å². The van der Waals surface area contributed by atoms with E-state index in [4.69, 9.17) is 4.74 Å². The van der Waals surface area contributed by atoms with Gasteiger partial charge in [0.25, 0.3) is 0 Å². The number of aromatic nitrogens is 3. The van der Waals surface area contributed by atoms with Crippen molar-refractivity contribution in [3.8, 4) is 5.69 Å². The van der Waals surface area contributed by atoms with Gasteiger partial charge in [-0.15, -0.1) is 0 Å². The molecule has 0 aliphatic rings. The highest BCUT2D eigenvalue weighted by molar-refractivity contribution is 14.1. The summed E-state index contributed by atoms with van der Waals surface area (Å²) in [6.45, 7) is 0. The Kier molecular flexibility index (Phi) is 3.39. The van der Waals surface area contributed by atoms with E-state index in [-0.39, 0.29) is 5.69 Å². The summed E-state index contributed by atoms with van der Waals surface area (Å²) in [5.74, 6) is -0.465. The smallest absolute Gasteiger partial charge is 0.359 e. The molecule has 0 saturated carbocycles. The van der Waals surface area contributed by atoms with Crippen molar-refractivity contribution in [3.05, 3.63) is 51.9 Å². The van der Waals surface area contributed by atoms with Gasteiger partial charge < -0.3 is 4.74 Å². The first-order chi connectivity index (χ1) is 9.70. The highest BCUT2D eigenvalue weighted by atomic mass is 127. The Morgan fingerprint density at radius 3 is 2.90 bits per heavy atom. The lowest BCUT2D eigenvalue weighted by atomic mass is 10.2. The van der Waals surface area contributed by atoms with Gasteiger partial charge in [-0.05, 0) is 52.9 Å². The van der Waals surface area contributed by atoms with Crippen LogP contribution < -0.4 is 0 Å². The summed E-state index contributed by atoms with van der Waals surface area (Å²) in [6.07, 6.45) is 1.68. The minimum Gasteiger partial charge on any atom is -0.464 e. The van der Waals surface area contributed by atoms with E-state index >= 15 is 0 Å². The Morgan fingerprint density at radius 1 is 1.30 bits per heavy atom. The Morgan fingerprint density at radius 2 is 2.15 bits per heavy atom. The first-order valence-electron chi connectivity index (χ1n) is 5.88. The highest BCUT2D eigenvalue weighted by Gasteiger charge is 2.19. The van der Waals surface area contributed by atoms with Crippen LogP contribution in [0.2, 0.25) is 0 Å². The van der Waals surface area contributed by atoms with Gasteiger partial charge in [0, 0.05) is 9.77 Å². The molecule has 0 radical (unpaired) electrons. The summed E-state index contributed by atoms with van der Waals surface area (Å²) in [5.41, 5.74) is 1.76. The first kappa shape index (κ1) is 13.0. The lowest BCUT2D eigenvalue weighted by molar-refractivity contribution is 0.0595. The fourth-order valence-electron chi connectivity index (χ4n) is 1.99. The predicted octanol–water partition coefficient (Wildman–Crippen LogP) is 2.81. The molecule has 20 heavy (non-hydrogen) atoms. The van der Waals surface area contributed by atoms with Crippen molar-refractivity contribution in [2.24, 2.45) is 0 Å². The van der Waals surface area contributed by atoms with E-state index in [9.17, 15) is 4.79 Å². The van der Waals surface area contributed by atoms with Crippen LogP contribution in [-0.2, 0) is 4.74 Å². The second-order valence-electron chi connectivity index (χ2n) is 4.11. The lowest BCUT2D eigenvalue weighted by Gasteiger charge is -2.02. The van der Waals surface area contributed by atoms with Gasteiger partial charge in [-0.3, -0.25) is 0 Å². The molecule has 3 aromatic rings. The zero-order chi connectivity index (χ0) is 14.1. The summed E-state index contributed by atoms with van der Waals surface area (Å²) in [6, 6.07) is 11.4. The van der Waals surface area contributed by atoms with E-state index < -0.39 is 5.97 Å². The number of hydrogen-bond donors (Lipinski definition) is 0. The van der Waals surface area contributed by atoms with Crippen molar-refractivity contribution in [1.29, 1.82) is 0 Å². The summed E-state index contributed by atoms with van der Waals surface area (Å²) >= 11 is 2.23. The van der Waals surface area contributed by atoms with Gasteiger partial charge in [0.05, 0.1) is 18.2 Å². The molecule has 1 aromatic carbocycles. The maximum absolute atomic E-state index is 11.8. The highest BCUT2D eigenvalue weighted by Crippen LogP contribution is 2.21. The fourth-order valence-corrected chi connectivity index (χ4v) is 2.51. The minimum atomic E-state index is -0.465. The van der Waals surface area contributed by atoms with Crippen molar-refractivity contribution < 1.29 is 9.53 Å². The molecule has 0 aliphatic heterocycles. The standard InChI is InChI=1S/C14H10IN3O2/c1-20-14(19)12-11-6-3-7-16-13(11)18(17-12)10-5-2-4-9(15)8-10/h2-8H,1H3. The minimum absolute atomic E-state index is 0.273. The third-order valence-corrected chi connectivity index (χ3v) is 3.54. The van der Waals surface area contributed by atoms with Crippen molar-refractivity contribution in [1.82, 2.24) is 14.8 Å². The number of hydrogen-bond acceptors (Lipinski definition) is 4. The average molecular weight is 379 g/mol. The molecule has 0 saturated heterocycles. The van der Waals surface area contributed by atoms with Gasteiger partial charge in [0.2, 0.25) is 0 Å². The number of methoxy groups -OCH3 is 1. The zero-order valence-corrected chi connectivity index (χ0v) is 12.7. The Balaban J connectivity index is 2.29. The quantitative estimate of drug-likeness (QED) is 0.508. The van der Waals surface area contributed by atoms with Crippen molar-refractivity contribution in [2.45, 2.75) is 0 Å². The number of benzene rings is 1. The second-order valence-corrected chi connectivity index (χ2v) is 5.35. The van der Waals surface area contributed by atoms with Gasteiger partial charge in [-0.25, -0.2) is 14.5 Å². The van der Waals surface area contributed by atoms with Crippen LogP contribution in [-0.4, -0.2) is 27.8 Å². The number of rotatable bonds is 2. The molecular formula is C14H10IN3O2. The third-order valence-electron chi connectivity index (χ3n) is 2.87. The van der Waals surface area contributed by atoms with Crippen molar-refractivity contribution >= 4 is 39.6 Å². The first-order valence-corrected chi connectivity index (χ1v) is 6.96. The number of carbonyl (C=O) groups is 1. The number of ether oxygens (including phenoxy) is 1. The molecule has 0 aliphatic carbocycles. The van der Waals surface area contributed by atoms with Gasteiger partial charge in [0.1, 0.15) is 0 Å². The molecule has 0 amide bonds. The molecule has 0 unspecified atom stereocenters. The maximum Gasteiger partial charge on any atom is 0.359 e. The van der Waals surface area contributed by atoms with Crippen LogP contribution in [0.5, 0.6) is 0 Å². The van der Waals surface area contributed by atoms with E-state index in [2.05, 4.69) is 32.7 Å². The second kappa shape index (κ2) is 5.20. The number of esters is 1. The number of fused-ring (bicyclic) bond motifs is 1. The number of halogens is 1. The van der Waals surface area contributed by atoms with Crippen LogP contribution in [0.25, 0.3) is 16.7 Å². The van der Waals surface area contributed by atoms with Gasteiger partial charge in [-0.1, -0.05) is 6.07 Å². The van der Waals surface area contributed by atoms with Crippen LogP contribution in [0, 0.1) is 3.57 Å². The normalized spacial score (nSPS) is 10.7. The Labute approximate surface area is 128 Å². The largest absolute Gasteiger partial charge is 0.464 e. The van der Waals surface area contributed by atoms with Gasteiger partial charge in [0.15, 0.2) is 11.3 Å². The molecule has 2 aromatic heterocycles. The topological polar surface area (TPSA) is 57.0 Å². The van der Waals surface area contributed by atoms with E-state index in [1.165, 1.54) is 7.11 Å². The average Bonchev–Trinajstić information content (AvgIpc) is 2.86. The molecule has 0 bridgehead atoms. The summed E-state index contributed by atoms with van der Waals surface area (Å²) in [7, 11) is 1.34. The molecule has 0 N–H and O–H groups in total. The SMILES string of the molecule is COC(=O)c1nn(-c2cccc(I)c2)c2ncccc12. The summed E-state index contributed by atoms with van der Waals surface area (Å²) in [5, 5.41) is 5.03. The van der Waals surface area contributed by atoms with Gasteiger partial charge in [-0.2, -0.15) is 5.10 Å². The predicted molar refractivity (Wildman–Crippen MR) is 82.9 cm³/mol. The molecule has 0 atom stereocenters. The molecule has 6 heteroatoms. The van der Waals surface area contributed by atoms with Crippen LogP contribution in [0.3, 0.4) is 0 Å². The molecule has 0 fully saturated rings. The molecule has 0 spiro atoms. The third kappa shape index (κ3) is 2.15. The molecular weight excluding hydrogens is 369 g/mol. The Hall–Kier alpha value is -1.96. The van der Waals surface area contributed by atoms with E-state index in [0.29, 0.717) is 11.0 Å². The Bertz CT molecular complexity index is 798. The fraction of sp³-hybridized carbons (Fsp3) is 0.0714. The number of pyridine rings is 1. The number of carbonyl (C=O) groups excluding carboxylic acids is 1. The van der Waals surface area contributed by atoms with E-state index in [0.717, 1.165) is 9.26 Å². The van der Waals surface area contributed by atoms with E-state index in [1.807, 2.05) is 30.3 Å².